The van der Waals surface area contributed by atoms with E-state index >= 15 is 0 Å². The summed E-state index contributed by atoms with van der Waals surface area (Å²) in [6.45, 7) is 3.05. The van der Waals surface area contributed by atoms with Gasteiger partial charge in [0, 0.05) is 6.54 Å². The summed E-state index contributed by atoms with van der Waals surface area (Å²) < 4.78 is 2.75. The first kappa shape index (κ1) is 14.8. The minimum atomic E-state index is 0. The third-order valence-corrected chi connectivity index (χ3v) is 1.94. The molecule has 12 heavy (non-hydrogen) atoms. The Hall–Kier alpha value is 0.290. The second-order valence-electron chi connectivity index (χ2n) is 2.42. The van der Waals surface area contributed by atoms with Gasteiger partial charge < -0.3 is 5.73 Å². The maximum absolute atomic E-state index is 5.42. The molecule has 0 amide bonds. The highest BCUT2D eigenvalue weighted by Crippen LogP contribution is 1.98. The summed E-state index contributed by atoms with van der Waals surface area (Å²) in [4.78, 5) is 4.09. The lowest BCUT2D eigenvalue weighted by Gasteiger charge is -1.97. The predicted octanol–water partition coefficient (Wildman–Crippen LogP) is 2.24. The van der Waals surface area contributed by atoms with Gasteiger partial charge >= 0.3 is 0 Å². The van der Waals surface area contributed by atoms with Crippen LogP contribution in [0.5, 0.6) is 0 Å². The molecule has 0 aliphatic carbocycles. The summed E-state index contributed by atoms with van der Waals surface area (Å²) in [6.07, 6.45) is 4.97. The molecule has 0 aromatic heterocycles. The van der Waals surface area contributed by atoms with Crippen LogP contribution in [-0.2, 0) is 0 Å². The van der Waals surface area contributed by atoms with E-state index in [-0.39, 0.29) is 12.4 Å². The van der Waals surface area contributed by atoms with Crippen LogP contribution < -0.4 is 9.26 Å². The van der Waals surface area contributed by atoms with E-state index in [9.17, 15) is 0 Å². The fourth-order valence-electron chi connectivity index (χ4n) is 0.768. The van der Waals surface area contributed by atoms with Gasteiger partial charge in [0.05, 0.1) is 22.9 Å². The summed E-state index contributed by atoms with van der Waals surface area (Å²) >= 11 is 1.98. The average molecular weight is 306 g/mol. The summed E-state index contributed by atoms with van der Waals surface area (Å²) in [5.74, 6) is 0.530. The van der Waals surface area contributed by atoms with Crippen molar-refractivity contribution in [2.75, 3.05) is 6.54 Å². The summed E-state index contributed by atoms with van der Waals surface area (Å²) in [5.41, 5.74) is 5.42. The lowest BCUT2D eigenvalue weighted by atomic mass is 10.2. The molecule has 0 aliphatic heterocycles. The molecule has 5 heteroatoms. The number of aliphatic imine (C=N–C) groups is 1. The zero-order valence-electron chi connectivity index (χ0n) is 7.35. The van der Waals surface area contributed by atoms with Gasteiger partial charge in [-0.05, 0) is 6.42 Å². The Balaban J connectivity index is 0. The third kappa shape index (κ3) is 10.3. The largest absolute Gasteiger partial charge is 0.369 e. The molecule has 0 atom stereocenters. The van der Waals surface area contributed by atoms with Gasteiger partial charge in [-0.3, -0.25) is 8.52 Å². The van der Waals surface area contributed by atoms with E-state index in [4.69, 9.17) is 5.73 Å². The smallest absolute Gasteiger partial charge is 0.197 e. The number of nitrogens with one attached hydrogen (secondary N) is 1. The van der Waals surface area contributed by atoms with Crippen molar-refractivity contribution >= 4 is 41.2 Å². The van der Waals surface area contributed by atoms with E-state index in [0.29, 0.717) is 5.96 Å². The first-order valence-corrected chi connectivity index (χ1v) is 5.05. The number of unbranched alkanes of at least 4 members (excludes halogenated alkanes) is 3. The quantitative estimate of drug-likeness (QED) is 0.269. The average Bonchev–Trinajstić information content (AvgIpc) is 2.04. The first-order valence-electron chi connectivity index (χ1n) is 3.97. The minimum absolute atomic E-state index is 0. The second kappa shape index (κ2) is 11.3. The van der Waals surface area contributed by atoms with E-state index in [2.05, 4.69) is 15.4 Å². The Morgan fingerprint density at radius 1 is 1.42 bits per heavy atom. The SMILES string of the molecule is CCCCCCN=C(N)NI.Cl. The van der Waals surface area contributed by atoms with Crippen molar-refractivity contribution < 1.29 is 0 Å². The number of nitrogens with zero attached hydrogens (tertiary/aromatic N) is 1. The summed E-state index contributed by atoms with van der Waals surface area (Å²) in [7, 11) is 0. The van der Waals surface area contributed by atoms with Crippen molar-refractivity contribution in [2.24, 2.45) is 10.7 Å². The number of hydrogen-bond donors (Lipinski definition) is 2. The second-order valence-corrected chi connectivity index (χ2v) is 2.96. The zero-order chi connectivity index (χ0) is 8.53. The topological polar surface area (TPSA) is 50.4 Å². The molecular weight excluding hydrogens is 288 g/mol. The van der Waals surface area contributed by atoms with Gasteiger partial charge in [-0.1, -0.05) is 26.2 Å². The molecule has 0 spiro atoms. The highest BCUT2D eigenvalue weighted by molar-refractivity contribution is 14.1. The van der Waals surface area contributed by atoms with E-state index < -0.39 is 0 Å². The Morgan fingerprint density at radius 2 is 2.08 bits per heavy atom. The first-order chi connectivity index (χ1) is 5.31. The Bertz CT molecular complexity index is 119. The number of rotatable bonds is 5. The minimum Gasteiger partial charge on any atom is -0.369 e. The molecule has 0 aromatic rings. The van der Waals surface area contributed by atoms with Gasteiger partial charge in [-0.2, -0.15) is 0 Å². The van der Waals surface area contributed by atoms with Crippen LogP contribution in [0.1, 0.15) is 32.6 Å². The number of nitrogens with two attached hydrogens (primary N) is 1. The molecule has 0 radical (unpaired) electrons. The van der Waals surface area contributed by atoms with Crippen molar-refractivity contribution in [1.29, 1.82) is 0 Å². The monoisotopic (exact) mass is 305 g/mol. The molecule has 3 nitrogen and oxygen atoms in total. The molecule has 0 saturated carbocycles. The highest BCUT2D eigenvalue weighted by Gasteiger charge is 1.87. The number of halogens is 2. The lowest BCUT2D eigenvalue weighted by Crippen LogP contribution is -2.23. The van der Waals surface area contributed by atoms with E-state index in [1.165, 1.54) is 19.3 Å². The standard InChI is InChI=1S/C7H16IN3.ClH/c1-2-3-4-5-6-10-7(9)11-8;/h2-6H2,1H3,(H3,9,10,11);1H. The van der Waals surface area contributed by atoms with E-state index in [0.717, 1.165) is 13.0 Å². The number of hydrogen-bond acceptors (Lipinski definition) is 1. The van der Waals surface area contributed by atoms with Gasteiger partial charge in [0.1, 0.15) is 0 Å². The van der Waals surface area contributed by atoms with Crippen molar-refractivity contribution in [2.45, 2.75) is 32.6 Å². The van der Waals surface area contributed by atoms with Crippen LogP contribution in [0, 0.1) is 0 Å². The van der Waals surface area contributed by atoms with Crippen LogP contribution in [0.2, 0.25) is 0 Å². The fourth-order valence-corrected chi connectivity index (χ4v) is 0.939. The Labute approximate surface area is 94.5 Å². The van der Waals surface area contributed by atoms with Crippen LogP contribution in [0.15, 0.2) is 4.99 Å². The molecule has 3 N–H and O–H groups in total. The van der Waals surface area contributed by atoms with Crippen LogP contribution in [0.4, 0.5) is 0 Å². The van der Waals surface area contributed by atoms with E-state index in [1.807, 2.05) is 22.9 Å². The number of guanidine groups is 1. The van der Waals surface area contributed by atoms with Crippen molar-refractivity contribution in [3.8, 4) is 0 Å². The van der Waals surface area contributed by atoms with Gasteiger partial charge in [-0.25, -0.2) is 0 Å². The molecule has 0 bridgehead atoms. The van der Waals surface area contributed by atoms with Crippen molar-refractivity contribution in [3.05, 3.63) is 0 Å². The molecule has 74 valence electrons. The van der Waals surface area contributed by atoms with Crippen LogP contribution in [0.3, 0.4) is 0 Å². The Morgan fingerprint density at radius 3 is 2.58 bits per heavy atom. The van der Waals surface area contributed by atoms with Gasteiger partial charge in [0.15, 0.2) is 5.96 Å². The van der Waals surface area contributed by atoms with Gasteiger partial charge in [0.2, 0.25) is 0 Å². The molecule has 0 heterocycles. The van der Waals surface area contributed by atoms with Crippen LogP contribution in [0.25, 0.3) is 0 Å². The molecule has 0 saturated heterocycles. The molecule has 0 rings (SSSR count). The molecule has 0 aliphatic rings. The summed E-state index contributed by atoms with van der Waals surface area (Å²) in [6, 6.07) is 0. The molecule has 0 fully saturated rings. The highest BCUT2D eigenvalue weighted by atomic mass is 127. The Kier molecular flexibility index (Phi) is 13.9. The van der Waals surface area contributed by atoms with Gasteiger partial charge in [0.25, 0.3) is 0 Å². The maximum Gasteiger partial charge on any atom is 0.197 e. The van der Waals surface area contributed by atoms with E-state index in [1.54, 1.807) is 0 Å². The normalized spacial score (nSPS) is 10.7. The van der Waals surface area contributed by atoms with Crippen molar-refractivity contribution in [3.63, 3.8) is 0 Å². The van der Waals surface area contributed by atoms with Gasteiger partial charge in [-0.15, -0.1) is 12.4 Å². The maximum atomic E-state index is 5.42. The molecule has 0 unspecified atom stereocenters. The summed E-state index contributed by atoms with van der Waals surface area (Å²) in [5, 5.41) is 0. The van der Waals surface area contributed by atoms with Crippen molar-refractivity contribution in [1.82, 2.24) is 3.53 Å². The van der Waals surface area contributed by atoms with Crippen LogP contribution >= 0.6 is 35.3 Å². The fraction of sp³-hybridized carbons (Fsp3) is 0.857. The molecule has 0 aromatic carbocycles. The zero-order valence-corrected chi connectivity index (χ0v) is 10.3. The predicted molar refractivity (Wildman–Crippen MR) is 65.0 cm³/mol. The lowest BCUT2D eigenvalue weighted by molar-refractivity contribution is 0.674. The van der Waals surface area contributed by atoms with Crippen LogP contribution in [-0.4, -0.2) is 12.5 Å². The molecular formula is C7H17ClIN3. The third-order valence-electron chi connectivity index (χ3n) is 1.39.